The van der Waals surface area contributed by atoms with Gasteiger partial charge in [-0.2, -0.15) is 0 Å². The molecular weight excluding hydrogens is 539 g/mol. The first-order valence-electron chi connectivity index (χ1n) is 6.38. The van der Waals surface area contributed by atoms with Crippen LogP contribution in [0.2, 0.25) is 20.1 Å². The van der Waals surface area contributed by atoms with Crippen molar-refractivity contribution in [3.05, 3.63) is 55.0 Å². The summed E-state index contributed by atoms with van der Waals surface area (Å²) in [5.74, 6) is -1.40. The van der Waals surface area contributed by atoms with E-state index in [-0.39, 0.29) is 46.7 Å². The molecule has 0 saturated carbocycles. The van der Waals surface area contributed by atoms with Crippen LogP contribution in [0, 0.1) is 0 Å². The van der Waals surface area contributed by atoms with Crippen LogP contribution >= 0.6 is 81.2 Å². The third-order valence-electron chi connectivity index (χ3n) is 3.40. The summed E-state index contributed by atoms with van der Waals surface area (Å²) < 4.78 is -0.612. The zero-order valence-corrected chi connectivity index (χ0v) is 18.6. The van der Waals surface area contributed by atoms with E-state index in [1.807, 2.05) is 0 Å². The number of Topliss-reactive ketones (excluding diaryl/α,β-unsaturated/α-hetero) is 1. The number of carbonyl (C=O) groups excluding carboxylic acids is 2. The van der Waals surface area contributed by atoms with Crippen molar-refractivity contribution < 1.29 is 9.59 Å². The van der Waals surface area contributed by atoms with Crippen LogP contribution in [0.25, 0.3) is 0 Å². The molecular formula is C15H3Cl7O2Se. The van der Waals surface area contributed by atoms with Gasteiger partial charge in [0.15, 0.2) is 0 Å². The van der Waals surface area contributed by atoms with E-state index in [4.69, 9.17) is 81.2 Å². The van der Waals surface area contributed by atoms with Gasteiger partial charge in [-0.25, -0.2) is 0 Å². The van der Waals surface area contributed by atoms with Crippen molar-refractivity contribution in [3.8, 4) is 0 Å². The number of halogens is 7. The fraction of sp³-hybridized carbons (Fsp3) is 0.0667. The Labute approximate surface area is 183 Å². The molecule has 2 aliphatic rings. The molecule has 0 saturated heterocycles. The first-order chi connectivity index (χ1) is 11.5. The topological polar surface area (TPSA) is 34.1 Å². The van der Waals surface area contributed by atoms with Gasteiger partial charge >= 0.3 is 185 Å². The van der Waals surface area contributed by atoms with Crippen molar-refractivity contribution in [3.63, 3.8) is 0 Å². The monoisotopic (exact) mass is 540 g/mol. The molecule has 0 unspecified atom stereocenters. The third-order valence-corrected chi connectivity index (χ3v) is 8.60. The van der Waals surface area contributed by atoms with Crippen molar-refractivity contribution in [1.29, 1.82) is 0 Å². The molecule has 25 heavy (non-hydrogen) atoms. The van der Waals surface area contributed by atoms with Gasteiger partial charge in [0.25, 0.3) is 0 Å². The van der Waals surface area contributed by atoms with Gasteiger partial charge in [-0.3, -0.25) is 0 Å². The van der Waals surface area contributed by atoms with Crippen molar-refractivity contribution in [1.82, 2.24) is 0 Å². The second kappa shape index (κ2) is 7.05. The summed E-state index contributed by atoms with van der Waals surface area (Å²) in [5.41, 5.74) is 0.00616. The molecule has 0 amide bonds. The molecule has 2 heterocycles. The van der Waals surface area contributed by atoms with Gasteiger partial charge in [-0.05, 0) is 0 Å². The Kier molecular flexibility index (Phi) is 5.66. The number of hydrogen-bond donors (Lipinski definition) is 0. The Morgan fingerprint density at radius 3 is 2.04 bits per heavy atom. The number of carbonyl (C=O) groups is 2. The maximum absolute atomic E-state index is 12.9. The molecule has 2 nitrogen and oxygen atoms in total. The maximum atomic E-state index is 12.9. The fourth-order valence-electron chi connectivity index (χ4n) is 2.20. The zero-order chi connectivity index (χ0) is 18.7. The Bertz CT molecular complexity index is 950. The van der Waals surface area contributed by atoms with Crippen LogP contribution in [-0.4, -0.2) is 30.3 Å². The predicted octanol–water partition coefficient (Wildman–Crippen LogP) is 5.05. The first-order valence-corrected chi connectivity index (χ1v) is 10.7. The van der Waals surface area contributed by atoms with Crippen LogP contribution < -0.4 is 8.92 Å². The molecule has 0 fully saturated rings. The SMILES string of the molecule is O=C(c1cc2c(Cl)c(c1Cl)[Se]2)c1c(Cl)ccc(C(=O)C(Cl)(Cl)Cl)c1Cl. The number of hydrogen-bond acceptors (Lipinski definition) is 2. The molecule has 0 aliphatic carbocycles. The van der Waals surface area contributed by atoms with E-state index in [2.05, 4.69) is 0 Å². The summed E-state index contributed by atoms with van der Waals surface area (Å²) in [7, 11) is 0. The number of rotatable bonds is 3. The van der Waals surface area contributed by atoms with Gasteiger partial charge in [0.2, 0.25) is 0 Å². The summed E-state index contributed by atoms with van der Waals surface area (Å²) in [6.45, 7) is 0. The molecule has 2 aromatic rings. The predicted molar refractivity (Wildman–Crippen MR) is 106 cm³/mol. The van der Waals surface area contributed by atoms with Crippen molar-refractivity contribution >= 4 is 117 Å². The summed E-state index contributed by atoms with van der Waals surface area (Å²) in [5, 5.41) is 0.680. The zero-order valence-electron chi connectivity index (χ0n) is 11.6. The molecule has 2 bridgehead atoms. The van der Waals surface area contributed by atoms with Gasteiger partial charge in [-0.15, -0.1) is 0 Å². The summed E-state index contributed by atoms with van der Waals surface area (Å²) in [6, 6.07) is 4.24. The molecule has 0 N–H and O–H groups in total. The van der Waals surface area contributed by atoms with Gasteiger partial charge < -0.3 is 0 Å². The normalized spacial score (nSPS) is 12.8. The van der Waals surface area contributed by atoms with Crippen molar-refractivity contribution in [2.75, 3.05) is 0 Å². The standard InChI is InChI=1S/C15H3Cl7O2Se/c16-6-2-1-4(14(24)15(20,21)22)9(17)8(6)12(23)5-3-7-11(19)13(25-7)10(5)18/h1-3H. The number of fused-ring (bicyclic) bond motifs is 2. The van der Waals surface area contributed by atoms with E-state index in [9.17, 15) is 9.59 Å². The average molecular weight is 542 g/mol. The summed E-state index contributed by atoms with van der Waals surface area (Å²) >= 11 is 41.6. The molecule has 0 aromatic heterocycles. The minimum atomic E-state index is -2.22. The summed E-state index contributed by atoms with van der Waals surface area (Å²) in [4.78, 5) is 25.1. The molecule has 2 aromatic carbocycles. The van der Waals surface area contributed by atoms with E-state index in [1.54, 1.807) is 6.07 Å². The van der Waals surface area contributed by atoms with Gasteiger partial charge in [0.05, 0.1) is 0 Å². The van der Waals surface area contributed by atoms with Crippen LogP contribution in [0.1, 0.15) is 26.3 Å². The number of ketones is 2. The van der Waals surface area contributed by atoms with Crippen LogP contribution in [0.4, 0.5) is 0 Å². The Morgan fingerprint density at radius 2 is 1.52 bits per heavy atom. The number of alkyl halides is 3. The van der Waals surface area contributed by atoms with Crippen LogP contribution in [0.15, 0.2) is 18.2 Å². The molecule has 2 aliphatic heterocycles. The fourth-order valence-corrected chi connectivity index (χ4v) is 5.92. The van der Waals surface area contributed by atoms with Gasteiger partial charge in [0, 0.05) is 0 Å². The molecule has 10 heteroatoms. The second-order valence-electron chi connectivity index (χ2n) is 4.92. The second-order valence-corrected chi connectivity index (χ2v) is 11.0. The summed E-state index contributed by atoms with van der Waals surface area (Å²) in [6.07, 6.45) is 0. The average Bonchev–Trinajstić information content (AvgIpc) is 2.52. The minimum absolute atomic E-state index is 0.0266. The molecule has 0 spiro atoms. The number of benzene rings is 2. The van der Waals surface area contributed by atoms with Crippen LogP contribution in [0.5, 0.6) is 0 Å². The molecule has 0 radical (unpaired) electrons. The van der Waals surface area contributed by atoms with Crippen LogP contribution in [-0.2, 0) is 0 Å². The molecule has 130 valence electrons. The van der Waals surface area contributed by atoms with Gasteiger partial charge in [-0.1, -0.05) is 0 Å². The first kappa shape index (κ1) is 20.1. The quantitative estimate of drug-likeness (QED) is 0.264. The van der Waals surface area contributed by atoms with E-state index in [0.717, 1.165) is 8.92 Å². The van der Waals surface area contributed by atoms with E-state index < -0.39 is 15.4 Å². The Hall–Kier alpha value is 0.329. The Morgan fingerprint density at radius 1 is 0.880 bits per heavy atom. The van der Waals surface area contributed by atoms with E-state index >= 15 is 0 Å². The van der Waals surface area contributed by atoms with Gasteiger partial charge in [0.1, 0.15) is 0 Å². The van der Waals surface area contributed by atoms with Crippen molar-refractivity contribution in [2.45, 2.75) is 3.79 Å². The van der Waals surface area contributed by atoms with Crippen molar-refractivity contribution in [2.24, 2.45) is 0 Å². The third kappa shape index (κ3) is 3.45. The van der Waals surface area contributed by atoms with Crippen LogP contribution in [0.3, 0.4) is 0 Å². The van der Waals surface area contributed by atoms with E-state index in [0.29, 0.717) is 5.02 Å². The molecule has 0 atom stereocenters. The Balaban J connectivity index is 2.14. The molecule has 4 rings (SSSR count). The van der Waals surface area contributed by atoms with E-state index in [1.165, 1.54) is 12.1 Å².